The van der Waals surface area contributed by atoms with Crippen LogP contribution < -0.4 is 10.1 Å². The molecule has 10 heteroatoms. The zero-order valence-electron chi connectivity index (χ0n) is 21.5. The molecule has 1 atom stereocenters. The zero-order chi connectivity index (χ0) is 28.6. The van der Waals surface area contributed by atoms with E-state index in [0.717, 1.165) is 40.5 Å². The summed E-state index contributed by atoms with van der Waals surface area (Å²) in [6, 6.07) is 17.5. The molecule has 0 spiro atoms. The van der Waals surface area contributed by atoms with E-state index in [2.05, 4.69) is 5.32 Å². The maximum atomic E-state index is 14.1. The van der Waals surface area contributed by atoms with E-state index < -0.39 is 35.2 Å². The van der Waals surface area contributed by atoms with Crippen molar-refractivity contribution in [1.29, 1.82) is 0 Å². The van der Waals surface area contributed by atoms with Gasteiger partial charge >= 0.3 is 12.1 Å². The summed E-state index contributed by atoms with van der Waals surface area (Å²) in [4.78, 5) is 24.9. The van der Waals surface area contributed by atoms with Crippen molar-refractivity contribution in [1.82, 2.24) is 0 Å². The van der Waals surface area contributed by atoms with Crippen molar-refractivity contribution in [2.24, 2.45) is 0 Å². The molecule has 41 heavy (non-hydrogen) atoms. The molecular formula is C31H28ClF2NO5S. The van der Waals surface area contributed by atoms with Crippen LogP contribution in [0.5, 0.6) is 5.75 Å². The van der Waals surface area contributed by atoms with E-state index in [1.807, 2.05) is 42.5 Å². The summed E-state index contributed by atoms with van der Waals surface area (Å²) in [5, 5.41) is 12.2. The SMILES string of the molecule is C.COc1cc(-c2sc(Cl)cc2NC(=O)O[C@H](C)c2cc(F)ccc2F)ccc1-c1ccc(C2(C(=O)O)CC2)cc1. The normalized spacial score (nSPS) is 14.0. The van der Waals surface area contributed by atoms with Gasteiger partial charge < -0.3 is 14.6 Å². The number of aliphatic carboxylic acids is 1. The number of rotatable bonds is 8. The lowest BCUT2D eigenvalue weighted by atomic mass is 9.93. The molecule has 2 N–H and O–H groups in total. The topological polar surface area (TPSA) is 84.9 Å². The number of hydrogen-bond donors (Lipinski definition) is 2. The summed E-state index contributed by atoms with van der Waals surface area (Å²) < 4.78 is 39.0. The number of anilines is 1. The summed E-state index contributed by atoms with van der Waals surface area (Å²) in [5.74, 6) is -1.56. The van der Waals surface area contributed by atoms with Crippen LogP contribution in [0, 0.1) is 11.6 Å². The van der Waals surface area contributed by atoms with Gasteiger partial charge in [-0.15, -0.1) is 11.3 Å². The van der Waals surface area contributed by atoms with Gasteiger partial charge in [-0.25, -0.2) is 13.6 Å². The van der Waals surface area contributed by atoms with Gasteiger partial charge in [0.2, 0.25) is 0 Å². The van der Waals surface area contributed by atoms with Gasteiger partial charge in [-0.1, -0.05) is 55.4 Å². The second-order valence-corrected chi connectivity index (χ2v) is 11.2. The second kappa shape index (κ2) is 11.9. The summed E-state index contributed by atoms with van der Waals surface area (Å²) in [7, 11) is 1.55. The molecule has 214 valence electrons. The second-order valence-electron chi connectivity index (χ2n) is 9.51. The highest BCUT2D eigenvalue weighted by atomic mass is 35.5. The molecule has 0 bridgehead atoms. The van der Waals surface area contributed by atoms with E-state index >= 15 is 0 Å². The maximum Gasteiger partial charge on any atom is 0.412 e. The molecule has 1 aromatic heterocycles. The Morgan fingerprint density at radius 2 is 1.71 bits per heavy atom. The van der Waals surface area contributed by atoms with E-state index in [9.17, 15) is 23.5 Å². The van der Waals surface area contributed by atoms with Gasteiger partial charge in [-0.05, 0) is 66.8 Å². The van der Waals surface area contributed by atoms with Crippen LogP contribution in [0.25, 0.3) is 21.6 Å². The molecule has 4 aromatic rings. The zero-order valence-corrected chi connectivity index (χ0v) is 23.0. The van der Waals surface area contributed by atoms with Crippen LogP contribution >= 0.6 is 22.9 Å². The van der Waals surface area contributed by atoms with Gasteiger partial charge in [-0.2, -0.15) is 0 Å². The predicted octanol–water partition coefficient (Wildman–Crippen LogP) is 9.08. The lowest BCUT2D eigenvalue weighted by Crippen LogP contribution is -2.19. The van der Waals surface area contributed by atoms with Crippen LogP contribution in [0.1, 0.15) is 44.4 Å². The molecule has 1 saturated carbocycles. The number of thiophene rings is 1. The first-order valence-electron chi connectivity index (χ1n) is 12.4. The number of nitrogens with one attached hydrogen (secondary N) is 1. The highest BCUT2D eigenvalue weighted by Gasteiger charge is 2.51. The van der Waals surface area contributed by atoms with E-state index in [1.165, 1.54) is 18.3 Å². The van der Waals surface area contributed by atoms with Gasteiger partial charge in [0.15, 0.2) is 0 Å². The van der Waals surface area contributed by atoms with Crippen molar-refractivity contribution < 1.29 is 33.0 Å². The van der Waals surface area contributed by atoms with Crippen molar-refractivity contribution in [3.8, 4) is 27.3 Å². The number of halogens is 3. The number of carboxylic acids is 1. The molecule has 1 heterocycles. The predicted molar refractivity (Wildman–Crippen MR) is 157 cm³/mol. The lowest BCUT2D eigenvalue weighted by molar-refractivity contribution is -0.140. The average Bonchev–Trinajstić information content (AvgIpc) is 3.67. The molecule has 0 unspecified atom stereocenters. The van der Waals surface area contributed by atoms with Gasteiger partial charge in [0, 0.05) is 11.1 Å². The number of carbonyl (C=O) groups excluding carboxylic acids is 1. The minimum atomic E-state index is -1.04. The fraction of sp³-hybridized carbons (Fsp3) is 0.226. The third-order valence-corrected chi connectivity index (χ3v) is 8.30. The monoisotopic (exact) mass is 599 g/mol. The molecule has 1 aliphatic rings. The van der Waals surface area contributed by atoms with Crippen molar-refractivity contribution in [3.63, 3.8) is 0 Å². The Kier molecular flexibility index (Phi) is 8.70. The molecule has 3 aromatic carbocycles. The Balaban J connectivity index is 0.00000387. The molecule has 0 saturated heterocycles. The van der Waals surface area contributed by atoms with Crippen molar-refractivity contribution in [2.45, 2.75) is 38.7 Å². The number of benzene rings is 3. The van der Waals surface area contributed by atoms with E-state index in [1.54, 1.807) is 13.2 Å². The maximum absolute atomic E-state index is 14.1. The Hall–Kier alpha value is -3.95. The van der Waals surface area contributed by atoms with Gasteiger partial charge in [0.1, 0.15) is 23.5 Å². The van der Waals surface area contributed by atoms with Crippen LogP contribution in [0.4, 0.5) is 19.3 Å². The Morgan fingerprint density at radius 3 is 2.34 bits per heavy atom. The third-order valence-electron chi connectivity index (χ3n) is 6.99. The number of methoxy groups -OCH3 is 1. The lowest BCUT2D eigenvalue weighted by Gasteiger charge is -2.16. The van der Waals surface area contributed by atoms with Gasteiger partial charge in [-0.3, -0.25) is 10.1 Å². The quantitative estimate of drug-likeness (QED) is 0.211. The Labute approximate surface area is 245 Å². The Morgan fingerprint density at radius 1 is 1.02 bits per heavy atom. The average molecular weight is 600 g/mol. The van der Waals surface area contributed by atoms with E-state index in [0.29, 0.717) is 33.5 Å². The molecule has 1 aliphatic carbocycles. The van der Waals surface area contributed by atoms with E-state index in [-0.39, 0.29) is 13.0 Å². The summed E-state index contributed by atoms with van der Waals surface area (Å²) in [5.41, 5.74) is 2.69. The number of amides is 1. The van der Waals surface area contributed by atoms with Crippen LogP contribution in [0.15, 0.2) is 66.7 Å². The van der Waals surface area contributed by atoms with E-state index in [4.69, 9.17) is 21.1 Å². The summed E-state index contributed by atoms with van der Waals surface area (Å²) in [6.45, 7) is 1.45. The number of ether oxygens (including phenoxy) is 2. The smallest absolute Gasteiger partial charge is 0.412 e. The molecule has 6 nitrogen and oxygen atoms in total. The first-order chi connectivity index (χ1) is 19.1. The molecule has 0 aliphatic heterocycles. The van der Waals surface area contributed by atoms with Crippen LogP contribution in [-0.4, -0.2) is 24.3 Å². The van der Waals surface area contributed by atoms with Gasteiger partial charge in [0.25, 0.3) is 0 Å². The van der Waals surface area contributed by atoms with Crippen molar-refractivity contribution >= 4 is 40.7 Å². The number of hydrogen-bond acceptors (Lipinski definition) is 5. The fourth-order valence-electron chi connectivity index (χ4n) is 4.65. The third kappa shape index (κ3) is 6.06. The molecule has 5 rings (SSSR count). The number of carboxylic acid groups (broad SMARTS) is 1. The minimum Gasteiger partial charge on any atom is -0.496 e. The van der Waals surface area contributed by atoms with Crippen molar-refractivity contribution in [2.75, 3.05) is 12.4 Å². The standard InChI is InChI=1S/C30H24ClF2NO5S.CH4/c1-16(22-14-20(32)8-10-23(22)33)39-29(37)34-24-15-26(31)40-27(24)18-5-9-21(25(13-18)38-2)17-3-6-19(7-4-17)30(11-12-30)28(35)36;/h3-10,13-16H,11-12H2,1-2H3,(H,34,37)(H,35,36);1H4/t16-;/m1./s1. The number of carbonyl (C=O) groups is 2. The molecule has 1 amide bonds. The first kappa shape index (κ1) is 30.0. The fourth-order valence-corrected chi connectivity index (χ4v) is 5.83. The molecule has 1 fully saturated rings. The largest absolute Gasteiger partial charge is 0.496 e. The van der Waals surface area contributed by atoms with Crippen LogP contribution in [0.3, 0.4) is 0 Å². The summed E-state index contributed by atoms with van der Waals surface area (Å²) in [6.07, 6.45) is -0.629. The molecule has 0 radical (unpaired) electrons. The van der Waals surface area contributed by atoms with Crippen LogP contribution in [0.2, 0.25) is 4.34 Å². The molecular weight excluding hydrogens is 572 g/mol. The van der Waals surface area contributed by atoms with Gasteiger partial charge in [0.05, 0.1) is 27.4 Å². The minimum absolute atomic E-state index is 0. The Bertz CT molecular complexity index is 1600. The van der Waals surface area contributed by atoms with Crippen molar-refractivity contribution in [3.05, 3.63) is 93.8 Å². The highest BCUT2D eigenvalue weighted by molar-refractivity contribution is 7.20. The summed E-state index contributed by atoms with van der Waals surface area (Å²) >= 11 is 7.52. The highest BCUT2D eigenvalue weighted by Crippen LogP contribution is 2.49. The first-order valence-corrected chi connectivity index (χ1v) is 13.6. The van der Waals surface area contributed by atoms with Crippen LogP contribution in [-0.2, 0) is 14.9 Å².